The van der Waals surface area contributed by atoms with Crippen LogP contribution in [0.3, 0.4) is 0 Å². The summed E-state index contributed by atoms with van der Waals surface area (Å²) in [5.74, 6) is -6.14. The molecular formula is C40H59N7O9. The minimum atomic E-state index is -1.36. The third-order valence-electron chi connectivity index (χ3n) is 10.0. The maximum Gasteiger partial charge on any atom is 0.326 e. The number of benzene rings is 2. The number of nitrogens with zero attached hydrogens (tertiary/aromatic N) is 2. The molecular weight excluding hydrogens is 722 g/mol. The second-order valence-electron chi connectivity index (χ2n) is 14.7. The van der Waals surface area contributed by atoms with Gasteiger partial charge in [-0.2, -0.15) is 0 Å². The molecule has 16 heteroatoms. The molecule has 0 aromatic heterocycles. The van der Waals surface area contributed by atoms with Crippen molar-refractivity contribution in [3.05, 3.63) is 41.5 Å². The van der Waals surface area contributed by atoms with Crippen molar-refractivity contribution < 1.29 is 43.8 Å². The third-order valence-corrected chi connectivity index (χ3v) is 10.0. The second kappa shape index (κ2) is 22.6. The molecule has 308 valence electrons. The lowest BCUT2D eigenvalue weighted by atomic mass is 9.91. The summed E-state index contributed by atoms with van der Waals surface area (Å²) in [7, 11) is 3.74. The summed E-state index contributed by atoms with van der Waals surface area (Å²) in [5.41, 5.74) is 14.0. The van der Waals surface area contributed by atoms with Gasteiger partial charge in [0.15, 0.2) is 0 Å². The summed E-state index contributed by atoms with van der Waals surface area (Å²) < 4.78 is 0. The van der Waals surface area contributed by atoms with E-state index in [-0.39, 0.29) is 57.7 Å². The van der Waals surface area contributed by atoms with Crippen molar-refractivity contribution >= 4 is 57.8 Å². The first kappa shape index (κ1) is 45.5. The zero-order chi connectivity index (χ0) is 41.4. The summed E-state index contributed by atoms with van der Waals surface area (Å²) in [6.07, 6.45) is 4.72. The molecule has 0 saturated carbocycles. The number of anilines is 1. The predicted octanol–water partition coefficient (Wildman–Crippen LogP) is 2.40. The first-order valence-corrected chi connectivity index (χ1v) is 19.5. The highest BCUT2D eigenvalue weighted by atomic mass is 16.4. The van der Waals surface area contributed by atoms with Crippen LogP contribution < -0.4 is 32.3 Å². The van der Waals surface area contributed by atoms with E-state index in [1.54, 1.807) is 18.2 Å². The number of unbranched alkanes of at least 4 members (excludes halogenated alkanes) is 3. The quantitative estimate of drug-likeness (QED) is 0.0509. The average Bonchev–Trinajstić information content (AvgIpc) is 3.15. The molecule has 3 rings (SSSR count). The Labute approximate surface area is 328 Å². The number of aliphatic carboxylic acids is 2. The molecule has 0 saturated heterocycles. The number of ketones is 1. The number of Topliss-reactive ketones (excluding diaryl/α,β-unsaturated/α-hetero) is 1. The van der Waals surface area contributed by atoms with E-state index in [9.17, 15) is 38.7 Å². The molecule has 4 amide bonds. The Kier molecular flexibility index (Phi) is 18.3. The zero-order valence-corrected chi connectivity index (χ0v) is 32.8. The standard InChI is InChI=1S/C40H59N7O9/c1-4-5-6-7-10-26(41)24-43-20-17-30(42)33(48)23-25(37(52)44-21-18-31(40(55)56)45-34(49)13-9-14-35(50)51)19-22-47-38(53)28-12-8-11-27-32(46(2)3)16-15-29(36(27)28)39(47)54/h8,11-12,15-16,25-26,30-31,43H,4-7,9-10,13-14,17-24,41-42H2,1-3H3,(H,44,52)(H,45,49)(H,50,51)(H,55,56)/t25-,26-,30-,31+/m0/s1. The van der Waals surface area contributed by atoms with Crippen LogP contribution in [-0.4, -0.2) is 115 Å². The number of amides is 4. The number of imide groups is 1. The van der Waals surface area contributed by atoms with Crippen molar-refractivity contribution in [2.75, 3.05) is 45.2 Å². The van der Waals surface area contributed by atoms with Crippen LogP contribution in [0.25, 0.3) is 10.8 Å². The molecule has 1 aliphatic rings. The molecule has 0 unspecified atom stereocenters. The lowest BCUT2D eigenvalue weighted by molar-refractivity contribution is -0.142. The van der Waals surface area contributed by atoms with Gasteiger partial charge in [-0.15, -0.1) is 0 Å². The van der Waals surface area contributed by atoms with Crippen molar-refractivity contribution in [2.24, 2.45) is 17.4 Å². The van der Waals surface area contributed by atoms with E-state index < -0.39 is 59.4 Å². The molecule has 56 heavy (non-hydrogen) atoms. The molecule has 9 N–H and O–H groups in total. The van der Waals surface area contributed by atoms with Gasteiger partial charge in [-0.05, 0) is 56.8 Å². The van der Waals surface area contributed by atoms with E-state index in [0.717, 1.165) is 41.7 Å². The Hall–Kier alpha value is -4.93. The van der Waals surface area contributed by atoms with Gasteiger partial charge in [-0.1, -0.05) is 44.7 Å². The lowest BCUT2D eigenvalue weighted by Crippen LogP contribution is -2.45. The summed E-state index contributed by atoms with van der Waals surface area (Å²) in [5, 5.41) is 28.0. The highest BCUT2D eigenvalue weighted by Crippen LogP contribution is 2.35. The normalized spacial score (nSPS) is 14.6. The molecule has 4 atom stereocenters. The van der Waals surface area contributed by atoms with Gasteiger partial charge in [0.2, 0.25) is 11.8 Å². The van der Waals surface area contributed by atoms with Crippen LogP contribution in [0, 0.1) is 5.92 Å². The largest absolute Gasteiger partial charge is 0.481 e. The topological polar surface area (TPSA) is 255 Å². The van der Waals surface area contributed by atoms with E-state index in [1.165, 1.54) is 6.42 Å². The van der Waals surface area contributed by atoms with Gasteiger partial charge in [0, 0.05) is 92.5 Å². The van der Waals surface area contributed by atoms with E-state index >= 15 is 0 Å². The highest BCUT2D eigenvalue weighted by Gasteiger charge is 2.35. The Morgan fingerprint density at radius 2 is 1.55 bits per heavy atom. The van der Waals surface area contributed by atoms with Gasteiger partial charge in [0.1, 0.15) is 11.8 Å². The van der Waals surface area contributed by atoms with Crippen LogP contribution in [0.2, 0.25) is 0 Å². The molecule has 16 nitrogen and oxygen atoms in total. The van der Waals surface area contributed by atoms with Crippen LogP contribution in [0.1, 0.15) is 105 Å². The first-order chi connectivity index (χ1) is 26.7. The van der Waals surface area contributed by atoms with E-state index in [4.69, 9.17) is 16.6 Å². The van der Waals surface area contributed by atoms with Gasteiger partial charge < -0.3 is 42.5 Å². The van der Waals surface area contributed by atoms with E-state index in [2.05, 4.69) is 22.9 Å². The van der Waals surface area contributed by atoms with Crippen molar-refractivity contribution in [1.29, 1.82) is 0 Å². The SMILES string of the molecule is CCCCCC[C@H](N)CNCC[C@H](N)C(=O)C[C@H](CCN1C(=O)c2cccc3c(N(C)C)ccc(c23)C1=O)C(=O)NCC[C@@H](NC(=O)CCCC(=O)O)C(=O)O. The summed E-state index contributed by atoms with van der Waals surface area (Å²) in [4.78, 5) is 92.3. The fourth-order valence-electron chi connectivity index (χ4n) is 6.78. The molecule has 0 aliphatic carbocycles. The maximum atomic E-state index is 13.8. The molecule has 0 fully saturated rings. The van der Waals surface area contributed by atoms with Crippen LogP contribution in [0.5, 0.6) is 0 Å². The van der Waals surface area contributed by atoms with Crippen molar-refractivity contribution in [3.8, 4) is 0 Å². The Bertz CT molecular complexity index is 1690. The molecule has 2 aromatic rings. The minimum absolute atomic E-state index is 0.0213. The maximum absolute atomic E-state index is 13.8. The van der Waals surface area contributed by atoms with Crippen molar-refractivity contribution in [3.63, 3.8) is 0 Å². The number of carboxylic acid groups (broad SMARTS) is 2. The van der Waals surface area contributed by atoms with Gasteiger partial charge >= 0.3 is 11.9 Å². The Morgan fingerprint density at radius 3 is 2.21 bits per heavy atom. The summed E-state index contributed by atoms with van der Waals surface area (Å²) in [6, 6.07) is 6.44. The van der Waals surface area contributed by atoms with E-state index in [0.29, 0.717) is 36.0 Å². The average molecular weight is 782 g/mol. The second-order valence-corrected chi connectivity index (χ2v) is 14.7. The van der Waals surface area contributed by atoms with Crippen LogP contribution in [0.4, 0.5) is 5.69 Å². The fourth-order valence-corrected chi connectivity index (χ4v) is 6.78. The Morgan fingerprint density at radius 1 is 0.839 bits per heavy atom. The summed E-state index contributed by atoms with van der Waals surface area (Å²) in [6.45, 7) is 2.79. The van der Waals surface area contributed by atoms with Gasteiger partial charge in [0.25, 0.3) is 11.8 Å². The number of carbonyl (C=O) groups excluding carboxylic acids is 5. The summed E-state index contributed by atoms with van der Waals surface area (Å²) >= 11 is 0. The molecule has 2 aromatic carbocycles. The van der Waals surface area contributed by atoms with Gasteiger partial charge in [0.05, 0.1) is 6.04 Å². The van der Waals surface area contributed by atoms with E-state index in [1.807, 2.05) is 31.1 Å². The van der Waals surface area contributed by atoms with Gasteiger partial charge in [-0.25, -0.2) is 4.79 Å². The van der Waals surface area contributed by atoms with Crippen molar-refractivity contribution in [1.82, 2.24) is 20.9 Å². The molecule has 0 spiro atoms. The number of carboxylic acids is 2. The number of hydrogen-bond acceptors (Lipinski definition) is 11. The number of rotatable bonds is 27. The van der Waals surface area contributed by atoms with Crippen LogP contribution in [0.15, 0.2) is 30.3 Å². The minimum Gasteiger partial charge on any atom is -0.481 e. The Balaban J connectivity index is 1.69. The van der Waals surface area contributed by atoms with Crippen LogP contribution in [-0.2, 0) is 24.0 Å². The van der Waals surface area contributed by atoms with Gasteiger partial charge in [-0.3, -0.25) is 33.7 Å². The fraction of sp³-hybridized carbons (Fsp3) is 0.575. The molecule has 0 radical (unpaired) electrons. The predicted molar refractivity (Wildman–Crippen MR) is 212 cm³/mol. The monoisotopic (exact) mass is 781 g/mol. The highest BCUT2D eigenvalue weighted by molar-refractivity contribution is 6.26. The molecule has 1 aliphatic heterocycles. The number of nitrogens with two attached hydrogens (primary N) is 2. The number of hydrogen-bond donors (Lipinski definition) is 7. The van der Waals surface area contributed by atoms with Crippen LogP contribution >= 0.6 is 0 Å². The number of nitrogens with one attached hydrogen (secondary N) is 3. The molecule has 1 heterocycles. The first-order valence-electron chi connectivity index (χ1n) is 19.5. The lowest BCUT2D eigenvalue weighted by Gasteiger charge is -2.29. The number of carbonyl (C=O) groups is 7. The zero-order valence-electron chi connectivity index (χ0n) is 32.8. The smallest absolute Gasteiger partial charge is 0.326 e. The van der Waals surface area contributed by atoms with Crippen molar-refractivity contribution in [2.45, 2.75) is 102 Å². The third kappa shape index (κ3) is 13.4. The molecule has 0 bridgehead atoms.